The highest BCUT2D eigenvalue weighted by Crippen LogP contribution is 2.27. The molecule has 0 amide bonds. The van der Waals surface area contributed by atoms with Gasteiger partial charge in [-0.25, -0.2) is 0 Å². The molecule has 3 aliphatic heterocycles. The van der Waals surface area contributed by atoms with Crippen LogP contribution in [0, 0.1) is 5.92 Å². The predicted molar refractivity (Wildman–Crippen MR) is 47.8 cm³/mol. The van der Waals surface area contributed by atoms with Crippen LogP contribution in [-0.4, -0.2) is 41.9 Å². The number of nitrogens with zero attached hydrogens (tertiary/aromatic N) is 1. The lowest BCUT2D eigenvalue weighted by Gasteiger charge is -2.45. The molecule has 2 N–H and O–H groups in total. The molecule has 3 fully saturated rings. The highest BCUT2D eigenvalue weighted by molar-refractivity contribution is 4.90. The number of nitrogens with one attached hydrogen (secondary N) is 1. The minimum absolute atomic E-state index is 0.351. The second-order valence-electron chi connectivity index (χ2n) is 4.09. The van der Waals surface area contributed by atoms with Gasteiger partial charge in [0.15, 0.2) is 0 Å². The lowest BCUT2D eigenvalue weighted by atomic mass is 9.84. The number of rotatable bonds is 2. The molecular formula is C9H18N2O. The minimum Gasteiger partial charge on any atom is -0.379 e. The maximum atomic E-state index is 9.20. The smallest absolute Gasteiger partial charge is 0.102 e. The van der Waals surface area contributed by atoms with Crippen LogP contribution in [0.25, 0.3) is 0 Å². The minimum atomic E-state index is -0.351. The average Bonchev–Trinajstić information content (AvgIpc) is 2.05. The molecule has 3 nitrogen and oxygen atoms in total. The van der Waals surface area contributed by atoms with Crippen molar-refractivity contribution in [1.29, 1.82) is 0 Å². The molecule has 0 spiro atoms. The van der Waals surface area contributed by atoms with E-state index in [1.54, 1.807) is 6.92 Å². The van der Waals surface area contributed by atoms with Gasteiger partial charge in [-0.2, -0.15) is 0 Å². The summed E-state index contributed by atoms with van der Waals surface area (Å²) in [4.78, 5) is 2.49. The van der Waals surface area contributed by atoms with Crippen molar-refractivity contribution in [2.75, 3.05) is 19.6 Å². The van der Waals surface area contributed by atoms with E-state index in [0.717, 1.165) is 12.5 Å². The van der Waals surface area contributed by atoms with Crippen LogP contribution in [0.4, 0.5) is 0 Å². The highest BCUT2D eigenvalue weighted by atomic mass is 16.3. The fourth-order valence-electron chi connectivity index (χ4n) is 2.46. The normalized spacial score (nSPS) is 43.0. The Morgan fingerprint density at radius 1 is 1.42 bits per heavy atom. The first-order valence-corrected chi connectivity index (χ1v) is 4.92. The first-order valence-electron chi connectivity index (χ1n) is 4.92. The summed E-state index contributed by atoms with van der Waals surface area (Å²) in [5.41, 5.74) is 0. The Bertz CT molecular complexity index is 151. The van der Waals surface area contributed by atoms with Crippen LogP contribution in [0.3, 0.4) is 0 Å². The molecule has 2 unspecified atom stereocenters. The van der Waals surface area contributed by atoms with Crippen LogP contribution < -0.4 is 5.32 Å². The SMILES string of the molecule is CC(O)NC1CN2CCC1CC2. The van der Waals surface area contributed by atoms with E-state index >= 15 is 0 Å². The van der Waals surface area contributed by atoms with Crippen molar-refractivity contribution in [3.63, 3.8) is 0 Å². The molecule has 0 radical (unpaired) electrons. The van der Waals surface area contributed by atoms with Gasteiger partial charge in [0.2, 0.25) is 0 Å². The molecule has 3 saturated heterocycles. The summed E-state index contributed by atoms with van der Waals surface area (Å²) in [6, 6.07) is 0.535. The van der Waals surface area contributed by atoms with Crippen LogP contribution in [0.5, 0.6) is 0 Å². The fourth-order valence-corrected chi connectivity index (χ4v) is 2.46. The molecule has 3 heterocycles. The van der Waals surface area contributed by atoms with E-state index in [1.165, 1.54) is 25.9 Å². The van der Waals surface area contributed by atoms with Crippen molar-refractivity contribution >= 4 is 0 Å². The Morgan fingerprint density at radius 2 is 2.08 bits per heavy atom. The topological polar surface area (TPSA) is 35.5 Å². The maximum Gasteiger partial charge on any atom is 0.102 e. The summed E-state index contributed by atoms with van der Waals surface area (Å²) in [5, 5.41) is 12.4. The van der Waals surface area contributed by atoms with Crippen molar-refractivity contribution in [1.82, 2.24) is 10.2 Å². The van der Waals surface area contributed by atoms with Crippen LogP contribution in [0.1, 0.15) is 19.8 Å². The molecule has 2 bridgehead atoms. The van der Waals surface area contributed by atoms with Gasteiger partial charge in [0, 0.05) is 12.6 Å². The van der Waals surface area contributed by atoms with Crippen LogP contribution in [0.2, 0.25) is 0 Å². The lowest BCUT2D eigenvalue weighted by Crippen LogP contribution is -2.57. The maximum absolute atomic E-state index is 9.20. The van der Waals surface area contributed by atoms with E-state index in [9.17, 15) is 5.11 Å². The number of piperidine rings is 3. The highest BCUT2D eigenvalue weighted by Gasteiger charge is 2.34. The first kappa shape index (κ1) is 8.48. The van der Waals surface area contributed by atoms with Gasteiger partial charge in [0.05, 0.1) is 0 Å². The number of hydrogen-bond acceptors (Lipinski definition) is 3. The van der Waals surface area contributed by atoms with Crippen molar-refractivity contribution < 1.29 is 5.11 Å². The second-order valence-corrected chi connectivity index (χ2v) is 4.09. The Balaban J connectivity index is 1.91. The van der Waals surface area contributed by atoms with E-state index in [4.69, 9.17) is 0 Å². The van der Waals surface area contributed by atoms with Crippen molar-refractivity contribution in [3.8, 4) is 0 Å². The third kappa shape index (κ3) is 1.63. The molecule has 0 aromatic heterocycles. The molecule has 3 heteroatoms. The molecule has 70 valence electrons. The molecule has 2 atom stereocenters. The van der Waals surface area contributed by atoms with E-state index in [-0.39, 0.29) is 6.23 Å². The van der Waals surface area contributed by atoms with Gasteiger partial charge in [0.25, 0.3) is 0 Å². The molecule has 0 saturated carbocycles. The second kappa shape index (κ2) is 3.32. The summed E-state index contributed by atoms with van der Waals surface area (Å²) >= 11 is 0. The summed E-state index contributed by atoms with van der Waals surface area (Å²) in [6.07, 6.45) is 2.27. The van der Waals surface area contributed by atoms with E-state index < -0.39 is 0 Å². The number of aliphatic hydroxyl groups is 1. The van der Waals surface area contributed by atoms with Gasteiger partial charge >= 0.3 is 0 Å². The van der Waals surface area contributed by atoms with Crippen LogP contribution in [0.15, 0.2) is 0 Å². The molecule has 0 aromatic carbocycles. The zero-order chi connectivity index (χ0) is 8.55. The average molecular weight is 170 g/mol. The quantitative estimate of drug-likeness (QED) is 0.573. The van der Waals surface area contributed by atoms with Gasteiger partial charge in [-0.1, -0.05) is 0 Å². The molecule has 3 aliphatic rings. The zero-order valence-electron chi connectivity index (χ0n) is 7.66. The Labute approximate surface area is 73.8 Å². The first-order chi connectivity index (χ1) is 5.75. The fraction of sp³-hybridized carbons (Fsp3) is 1.00. The third-order valence-corrected chi connectivity index (χ3v) is 3.11. The van der Waals surface area contributed by atoms with Gasteiger partial charge in [-0.3, -0.25) is 5.32 Å². The Kier molecular flexibility index (Phi) is 2.35. The molecule has 0 aliphatic carbocycles. The van der Waals surface area contributed by atoms with Gasteiger partial charge in [-0.15, -0.1) is 0 Å². The third-order valence-electron chi connectivity index (χ3n) is 3.11. The van der Waals surface area contributed by atoms with E-state index in [1.807, 2.05) is 0 Å². The Hall–Kier alpha value is -0.120. The summed E-state index contributed by atoms with van der Waals surface area (Å²) < 4.78 is 0. The van der Waals surface area contributed by atoms with Crippen LogP contribution in [-0.2, 0) is 0 Å². The molecule has 0 aromatic rings. The lowest BCUT2D eigenvalue weighted by molar-refractivity contribution is 0.0373. The zero-order valence-corrected chi connectivity index (χ0v) is 7.66. The predicted octanol–water partition coefficient (Wildman–Crippen LogP) is 0.00850. The largest absolute Gasteiger partial charge is 0.379 e. The summed E-state index contributed by atoms with van der Waals surface area (Å²) in [7, 11) is 0. The standard InChI is InChI=1S/C9H18N2O/c1-7(12)10-9-6-11-4-2-8(9)3-5-11/h7-10,12H,2-6H2,1H3. The molecule has 3 rings (SSSR count). The number of fused-ring (bicyclic) bond motifs is 3. The van der Waals surface area contributed by atoms with Crippen molar-refractivity contribution in [3.05, 3.63) is 0 Å². The Morgan fingerprint density at radius 3 is 2.50 bits per heavy atom. The van der Waals surface area contributed by atoms with Gasteiger partial charge < -0.3 is 10.0 Å². The molecule has 12 heavy (non-hydrogen) atoms. The molecular weight excluding hydrogens is 152 g/mol. The van der Waals surface area contributed by atoms with Gasteiger partial charge in [0.1, 0.15) is 6.23 Å². The summed E-state index contributed by atoms with van der Waals surface area (Å²) in [6.45, 7) is 5.47. The van der Waals surface area contributed by atoms with E-state index in [2.05, 4.69) is 10.2 Å². The van der Waals surface area contributed by atoms with Crippen molar-refractivity contribution in [2.45, 2.75) is 32.0 Å². The monoisotopic (exact) mass is 170 g/mol. The van der Waals surface area contributed by atoms with E-state index in [0.29, 0.717) is 6.04 Å². The summed E-state index contributed by atoms with van der Waals surface area (Å²) in [5.74, 6) is 0.810. The van der Waals surface area contributed by atoms with Gasteiger partial charge in [-0.05, 0) is 38.8 Å². The number of aliphatic hydroxyl groups excluding tert-OH is 1. The van der Waals surface area contributed by atoms with Crippen LogP contribution >= 0.6 is 0 Å². The number of hydrogen-bond donors (Lipinski definition) is 2. The van der Waals surface area contributed by atoms with Crippen molar-refractivity contribution in [2.24, 2.45) is 5.92 Å².